The molecule has 2 rings (SSSR count). The van der Waals surface area contributed by atoms with Gasteiger partial charge in [0.05, 0.1) is 11.1 Å². The van der Waals surface area contributed by atoms with E-state index in [0.717, 1.165) is 25.9 Å². The maximum atomic E-state index is 13.6. The Kier molecular flexibility index (Phi) is 4.75. The summed E-state index contributed by atoms with van der Waals surface area (Å²) >= 11 is 0. The van der Waals surface area contributed by atoms with Gasteiger partial charge in [-0.3, -0.25) is 4.79 Å². The van der Waals surface area contributed by atoms with Crippen molar-refractivity contribution in [3.63, 3.8) is 0 Å². The molecule has 1 aliphatic rings. The van der Waals surface area contributed by atoms with Gasteiger partial charge in [0.15, 0.2) is 0 Å². The molecule has 1 heterocycles. The standard InChI is InChI=1S/C15H18F4N2O/c1-14(4-6-20-7-5-14)9-21-13(22)11-8-10(15(17,18)19)2-3-12(11)16/h2-3,8,20H,4-7,9H2,1H3,(H,21,22). The summed E-state index contributed by atoms with van der Waals surface area (Å²) in [7, 11) is 0. The zero-order chi connectivity index (χ0) is 16.4. The Morgan fingerprint density at radius 2 is 1.95 bits per heavy atom. The lowest BCUT2D eigenvalue weighted by molar-refractivity contribution is -0.137. The summed E-state index contributed by atoms with van der Waals surface area (Å²) in [6, 6.07) is 1.85. The number of alkyl halides is 3. The first kappa shape index (κ1) is 16.7. The largest absolute Gasteiger partial charge is 0.416 e. The first-order chi connectivity index (χ1) is 10.2. The number of carbonyl (C=O) groups excluding carboxylic acids is 1. The topological polar surface area (TPSA) is 41.1 Å². The Labute approximate surface area is 126 Å². The van der Waals surface area contributed by atoms with Crippen LogP contribution in [0.4, 0.5) is 17.6 Å². The molecule has 1 aromatic rings. The molecule has 1 amide bonds. The van der Waals surface area contributed by atoms with E-state index in [4.69, 9.17) is 0 Å². The Bertz CT molecular complexity index is 551. The normalized spacial score (nSPS) is 18.0. The molecule has 1 aliphatic heterocycles. The van der Waals surface area contributed by atoms with Gasteiger partial charge >= 0.3 is 6.18 Å². The molecule has 0 atom stereocenters. The van der Waals surface area contributed by atoms with Crippen molar-refractivity contribution < 1.29 is 22.4 Å². The molecule has 7 heteroatoms. The highest BCUT2D eigenvalue weighted by atomic mass is 19.4. The zero-order valence-electron chi connectivity index (χ0n) is 12.2. The van der Waals surface area contributed by atoms with Crippen LogP contribution in [0.5, 0.6) is 0 Å². The Balaban J connectivity index is 2.09. The quantitative estimate of drug-likeness (QED) is 0.841. The minimum absolute atomic E-state index is 0.126. The van der Waals surface area contributed by atoms with Gasteiger partial charge in [-0.2, -0.15) is 13.2 Å². The summed E-state index contributed by atoms with van der Waals surface area (Å²) in [5, 5.41) is 5.75. The van der Waals surface area contributed by atoms with Gasteiger partial charge in [-0.15, -0.1) is 0 Å². The minimum atomic E-state index is -4.61. The van der Waals surface area contributed by atoms with Crippen LogP contribution in [-0.2, 0) is 6.18 Å². The van der Waals surface area contributed by atoms with E-state index in [0.29, 0.717) is 24.7 Å². The monoisotopic (exact) mass is 318 g/mol. The highest BCUT2D eigenvalue weighted by molar-refractivity contribution is 5.94. The fourth-order valence-corrected chi connectivity index (χ4v) is 2.47. The van der Waals surface area contributed by atoms with Crippen LogP contribution in [0.25, 0.3) is 0 Å². The molecule has 0 aromatic heterocycles. The Morgan fingerprint density at radius 3 is 2.55 bits per heavy atom. The van der Waals surface area contributed by atoms with Gasteiger partial charge in [-0.1, -0.05) is 6.92 Å². The van der Waals surface area contributed by atoms with Crippen LogP contribution in [0.2, 0.25) is 0 Å². The Hall–Kier alpha value is -1.63. The fraction of sp³-hybridized carbons (Fsp3) is 0.533. The molecule has 3 nitrogen and oxygen atoms in total. The van der Waals surface area contributed by atoms with E-state index in [-0.39, 0.29) is 5.41 Å². The highest BCUT2D eigenvalue weighted by Gasteiger charge is 2.32. The molecule has 1 aromatic carbocycles. The van der Waals surface area contributed by atoms with Crippen LogP contribution in [0.1, 0.15) is 35.7 Å². The number of amides is 1. The molecule has 2 N–H and O–H groups in total. The summed E-state index contributed by atoms with van der Waals surface area (Å²) in [6.07, 6.45) is -2.92. The smallest absolute Gasteiger partial charge is 0.351 e. The minimum Gasteiger partial charge on any atom is -0.351 e. The van der Waals surface area contributed by atoms with Crippen molar-refractivity contribution >= 4 is 5.91 Å². The summed E-state index contributed by atoms with van der Waals surface area (Å²) in [5.74, 6) is -1.77. The van der Waals surface area contributed by atoms with E-state index in [1.165, 1.54) is 0 Å². The third-order valence-electron chi connectivity index (χ3n) is 4.02. The highest BCUT2D eigenvalue weighted by Crippen LogP contribution is 2.30. The van der Waals surface area contributed by atoms with Crippen molar-refractivity contribution in [2.75, 3.05) is 19.6 Å². The van der Waals surface area contributed by atoms with Crippen molar-refractivity contribution in [1.82, 2.24) is 10.6 Å². The summed E-state index contributed by atoms with van der Waals surface area (Å²) < 4.78 is 51.5. The lowest BCUT2D eigenvalue weighted by Gasteiger charge is -2.34. The van der Waals surface area contributed by atoms with Crippen LogP contribution in [0.3, 0.4) is 0 Å². The molecule has 0 saturated carbocycles. The third-order valence-corrected chi connectivity index (χ3v) is 4.02. The molecular formula is C15H18F4N2O. The fourth-order valence-electron chi connectivity index (χ4n) is 2.47. The molecule has 0 unspecified atom stereocenters. The second-order valence-corrected chi connectivity index (χ2v) is 5.94. The van der Waals surface area contributed by atoms with Crippen molar-refractivity contribution in [3.8, 4) is 0 Å². The second-order valence-electron chi connectivity index (χ2n) is 5.94. The van der Waals surface area contributed by atoms with E-state index in [1.807, 2.05) is 6.92 Å². The van der Waals surface area contributed by atoms with E-state index in [2.05, 4.69) is 10.6 Å². The number of rotatable bonds is 3. The maximum absolute atomic E-state index is 13.6. The van der Waals surface area contributed by atoms with Crippen LogP contribution >= 0.6 is 0 Å². The lowest BCUT2D eigenvalue weighted by Crippen LogP contribution is -2.43. The first-order valence-electron chi connectivity index (χ1n) is 7.07. The molecule has 0 aliphatic carbocycles. The number of benzene rings is 1. The van der Waals surface area contributed by atoms with Crippen molar-refractivity contribution in [2.45, 2.75) is 25.9 Å². The van der Waals surface area contributed by atoms with Crippen molar-refractivity contribution in [1.29, 1.82) is 0 Å². The molecule has 0 bridgehead atoms. The maximum Gasteiger partial charge on any atom is 0.416 e. The van der Waals surface area contributed by atoms with Gasteiger partial charge in [0, 0.05) is 6.54 Å². The van der Waals surface area contributed by atoms with E-state index in [9.17, 15) is 22.4 Å². The van der Waals surface area contributed by atoms with E-state index >= 15 is 0 Å². The third kappa shape index (κ3) is 3.97. The predicted molar refractivity (Wildman–Crippen MR) is 73.9 cm³/mol. The van der Waals surface area contributed by atoms with Crippen molar-refractivity contribution in [3.05, 3.63) is 35.1 Å². The number of piperidine rings is 1. The van der Waals surface area contributed by atoms with Gasteiger partial charge in [0.1, 0.15) is 5.82 Å². The molecule has 0 radical (unpaired) electrons. The number of carbonyl (C=O) groups is 1. The molecule has 22 heavy (non-hydrogen) atoms. The van der Waals surface area contributed by atoms with Gasteiger partial charge in [0.2, 0.25) is 0 Å². The van der Waals surface area contributed by atoms with Gasteiger partial charge in [-0.25, -0.2) is 4.39 Å². The molecule has 122 valence electrons. The van der Waals surface area contributed by atoms with Gasteiger partial charge in [0.25, 0.3) is 5.91 Å². The Morgan fingerprint density at radius 1 is 1.32 bits per heavy atom. The van der Waals surface area contributed by atoms with Crippen LogP contribution in [0, 0.1) is 11.2 Å². The summed E-state index contributed by atoms with van der Waals surface area (Å²) in [4.78, 5) is 12.0. The predicted octanol–water partition coefficient (Wildman–Crippen LogP) is 2.96. The number of nitrogens with one attached hydrogen (secondary N) is 2. The number of hydrogen-bond acceptors (Lipinski definition) is 2. The summed E-state index contributed by atoms with van der Waals surface area (Å²) in [5.41, 5.74) is -1.74. The molecule has 0 spiro atoms. The summed E-state index contributed by atoms with van der Waals surface area (Å²) in [6.45, 7) is 3.95. The second kappa shape index (κ2) is 6.24. The van der Waals surface area contributed by atoms with Crippen LogP contribution in [-0.4, -0.2) is 25.5 Å². The van der Waals surface area contributed by atoms with E-state index in [1.54, 1.807) is 0 Å². The first-order valence-corrected chi connectivity index (χ1v) is 7.07. The zero-order valence-corrected chi connectivity index (χ0v) is 12.2. The van der Waals surface area contributed by atoms with Gasteiger partial charge < -0.3 is 10.6 Å². The molecular weight excluding hydrogens is 300 g/mol. The van der Waals surface area contributed by atoms with Gasteiger partial charge in [-0.05, 0) is 49.5 Å². The number of halogens is 4. The SMILES string of the molecule is CC1(CNC(=O)c2cc(C(F)(F)F)ccc2F)CCNCC1. The molecule has 1 saturated heterocycles. The average Bonchev–Trinajstić information content (AvgIpc) is 2.45. The average molecular weight is 318 g/mol. The van der Waals surface area contributed by atoms with Crippen LogP contribution < -0.4 is 10.6 Å². The van der Waals surface area contributed by atoms with Crippen molar-refractivity contribution in [2.24, 2.45) is 5.41 Å². The number of hydrogen-bond donors (Lipinski definition) is 2. The van der Waals surface area contributed by atoms with Crippen LogP contribution in [0.15, 0.2) is 18.2 Å². The molecule has 1 fully saturated rings. The van der Waals surface area contributed by atoms with E-state index < -0.39 is 29.0 Å². The lowest BCUT2D eigenvalue weighted by atomic mass is 9.81.